The number of hydrogen-bond acceptors (Lipinski definition) is 5. The number of nitrogens with zero attached hydrogens (tertiary/aromatic N) is 4. The Balaban J connectivity index is 1.18. The minimum Gasteiger partial charge on any atom is -0.371 e. The van der Waals surface area contributed by atoms with Crippen molar-refractivity contribution >= 4 is 16.8 Å². The van der Waals surface area contributed by atoms with E-state index in [0.717, 1.165) is 23.9 Å². The first-order chi connectivity index (χ1) is 14.8. The molecule has 0 radical (unpaired) electrons. The lowest BCUT2D eigenvalue weighted by Crippen LogP contribution is -2.31. The number of rotatable bonds is 2. The Morgan fingerprint density at radius 1 is 1.10 bits per heavy atom. The van der Waals surface area contributed by atoms with Crippen LogP contribution in [0.1, 0.15) is 40.5 Å². The molecule has 2 saturated heterocycles. The number of carbonyl (C=O) groups excluding carboxylic acids is 1. The number of nitrogens with one attached hydrogen (secondary N) is 1. The molecule has 3 aromatic rings. The van der Waals surface area contributed by atoms with Gasteiger partial charge in [0.15, 0.2) is 0 Å². The number of likely N-dealkylation sites (tertiary alicyclic amines) is 1. The average Bonchev–Trinajstić information content (AvgIpc) is 3.50. The molecule has 8 heteroatoms. The van der Waals surface area contributed by atoms with Gasteiger partial charge in [0.2, 0.25) is 0 Å². The molecule has 0 saturated carbocycles. The second kappa shape index (κ2) is 7.21. The van der Waals surface area contributed by atoms with Crippen LogP contribution in [-0.4, -0.2) is 69.1 Å². The van der Waals surface area contributed by atoms with Gasteiger partial charge in [-0.15, -0.1) is 0 Å². The van der Waals surface area contributed by atoms with E-state index in [0.29, 0.717) is 26.3 Å². The van der Waals surface area contributed by atoms with E-state index in [1.165, 1.54) is 35.8 Å². The quantitative estimate of drug-likeness (QED) is 0.703. The van der Waals surface area contributed by atoms with Crippen LogP contribution in [-0.2, 0) is 22.3 Å². The lowest BCUT2D eigenvalue weighted by Gasteiger charge is -2.19. The molecular formula is C22H25N5O3. The SMILES string of the molecule is O=C(c1ccc2[nH]c3c(c2c1)CCCC3)N1C[C@@H]2OCC(n3cncn3)CO[C@H]2C1. The molecule has 6 rings (SSSR count). The molecular weight excluding hydrogens is 382 g/mol. The molecule has 0 spiro atoms. The first kappa shape index (κ1) is 18.1. The number of hydrogen-bond donors (Lipinski definition) is 1. The molecule has 0 bridgehead atoms. The summed E-state index contributed by atoms with van der Waals surface area (Å²) in [5.41, 5.74) is 4.61. The number of H-pyrrole nitrogens is 1. The molecule has 156 valence electrons. The summed E-state index contributed by atoms with van der Waals surface area (Å²) in [5, 5.41) is 5.39. The average molecular weight is 407 g/mol. The van der Waals surface area contributed by atoms with Crippen LogP contribution in [0.15, 0.2) is 30.9 Å². The van der Waals surface area contributed by atoms with Gasteiger partial charge in [0, 0.05) is 35.2 Å². The Bertz CT molecular complexity index is 1060. The van der Waals surface area contributed by atoms with Gasteiger partial charge >= 0.3 is 0 Å². The van der Waals surface area contributed by atoms with E-state index in [2.05, 4.69) is 21.1 Å². The molecule has 2 aromatic heterocycles. The third kappa shape index (κ3) is 3.02. The lowest BCUT2D eigenvalue weighted by molar-refractivity contribution is -0.00461. The van der Waals surface area contributed by atoms with Crippen molar-refractivity contribution in [1.82, 2.24) is 24.6 Å². The van der Waals surface area contributed by atoms with Crippen LogP contribution in [0.5, 0.6) is 0 Å². The largest absolute Gasteiger partial charge is 0.371 e. The smallest absolute Gasteiger partial charge is 0.254 e. The van der Waals surface area contributed by atoms with Crippen molar-refractivity contribution in [2.75, 3.05) is 26.3 Å². The van der Waals surface area contributed by atoms with Gasteiger partial charge in [-0.25, -0.2) is 9.67 Å². The van der Waals surface area contributed by atoms with Gasteiger partial charge in [0.25, 0.3) is 5.91 Å². The van der Waals surface area contributed by atoms with Crippen molar-refractivity contribution in [2.45, 2.75) is 43.9 Å². The van der Waals surface area contributed by atoms with Crippen LogP contribution in [0.2, 0.25) is 0 Å². The van der Waals surface area contributed by atoms with E-state index in [1.807, 2.05) is 17.0 Å². The zero-order chi connectivity index (χ0) is 20.1. The van der Waals surface area contributed by atoms with E-state index < -0.39 is 0 Å². The molecule has 1 aromatic carbocycles. The molecule has 3 aliphatic rings. The predicted octanol–water partition coefficient (Wildman–Crippen LogP) is 2.12. The summed E-state index contributed by atoms with van der Waals surface area (Å²) in [6.07, 6.45) is 7.65. The second-order valence-corrected chi connectivity index (χ2v) is 8.53. The van der Waals surface area contributed by atoms with Crippen molar-refractivity contribution in [1.29, 1.82) is 0 Å². The topological polar surface area (TPSA) is 85.3 Å². The second-order valence-electron chi connectivity index (χ2n) is 8.53. The summed E-state index contributed by atoms with van der Waals surface area (Å²) < 4.78 is 14.0. The molecule has 0 unspecified atom stereocenters. The van der Waals surface area contributed by atoms with E-state index >= 15 is 0 Å². The van der Waals surface area contributed by atoms with E-state index in [4.69, 9.17) is 9.47 Å². The van der Waals surface area contributed by atoms with E-state index in [-0.39, 0.29) is 24.2 Å². The number of ether oxygens (including phenoxy) is 2. The number of aromatic amines is 1. The summed E-state index contributed by atoms with van der Waals surface area (Å²) in [6, 6.07) is 6.06. The van der Waals surface area contributed by atoms with Crippen LogP contribution >= 0.6 is 0 Å². The Hall–Kier alpha value is -2.71. The number of benzene rings is 1. The van der Waals surface area contributed by atoms with Gasteiger partial charge < -0.3 is 19.4 Å². The maximum Gasteiger partial charge on any atom is 0.254 e. The molecule has 1 amide bonds. The fraction of sp³-hybridized carbons (Fsp3) is 0.500. The highest BCUT2D eigenvalue weighted by Crippen LogP contribution is 2.31. The maximum atomic E-state index is 13.2. The number of carbonyl (C=O) groups is 1. The number of aryl methyl sites for hydroxylation is 2. The highest BCUT2D eigenvalue weighted by molar-refractivity contribution is 5.99. The van der Waals surface area contributed by atoms with Crippen molar-refractivity contribution in [3.05, 3.63) is 47.7 Å². The molecule has 2 aliphatic heterocycles. The first-order valence-electron chi connectivity index (χ1n) is 10.8. The van der Waals surface area contributed by atoms with E-state index in [1.54, 1.807) is 11.0 Å². The van der Waals surface area contributed by atoms with Gasteiger partial charge in [0.05, 0.1) is 13.2 Å². The van der Waals surface area contributed by atoms with Crippen LogP contribution in [0.4, 0.5) is 0 Å². The Kier molecular flexibility index (Phi) is 4.35. The molecule has 8 nitrogen and oxygen atoms in total. The Morgan fingerprint density at radius 2 is 1.90 bits per heavy atom. The van der Waals surface area contributed by atoms with Gasteiger partial charge in [-0.3, -0.25) is 4.79 Å². The van der Waals surface area contributed by atoms with Crippen molar-refractivity contribution < 1.29 is 14.3 Å². The molecule has 1 aliphatic carbocycles. The fourth-order valence-corrected chi connectivity index (χ4v) is 5.03. The summed E-state index contributed by atoms with van der Waals surface area (Å²) in [5.74, 6) is 0.0516. The third-order valence-corrected chi connectivity index (χ3v) is 6.66. The summed E-state index contributed by atoms with van der Waals surface area (Å²) in [6.45, 7) is 2.12. The van der Waals surface area contributed by atoms with Crippen molar-refractivity contribution in [2.24, 2.45) is 0 Å². The normalized spacial score (nSPS) is 24.6. The Labute approximate surface area is 174 Å². The van der Waals surface area contributed by atoms with Gasteiger partial charge in [-0.05, 0) is 49.4 Å². The fourth-order valence-electron chi connectivity index (χ4n) is 5.03. The summed E-state index contributed by atoms with van der Waals surface area (Å²) in [7, 11) is 0. The molecule has 1 N–H and O–H groups in total. The minimum atomic E-state index is -0.105. The van der Waals surface area contributed by atoms with Gasteiger partial charge in [-0.1, -0.05) is 0 Å². The van der Waals surface area contributed by atoms with Crippen LogP contribution < -0.4 is 0 Å². The highest BCUT2D eigenvalue weighted by Gasteiger charge is 2.40. The number of aromatic nitrogens is 4. The van der Waals surface area contributed by atoms with Crippen molar-refractivity contribution in [3.63, 3.8) is 0 Å². The molecule has 2 atom stereocenters. The maximum absolute atomic E-state index is 13.2. The zero-order valence-corrected chi connectivity index (χ0v) is 16.8. The molecule has 4 heterocycles. The van der Waals surface area contributed by atoms with Crippen LogP contribution in [0.25, 0.3) is 10.9 Å². The summed E-state index contributed by atoms with van der Waals surface area (Å²) in [4.78, 5) is 22.6. The monoisotopic (exact) mass is 407 g/mol. The van der Waals surface area contributed by atoms with Crippen LogP contribution in [0, 0.1) is 0 Å². The number of fused-ring (bicyclic) bond motifs is 4. The first-order valence-corrected chi connectivity index (χ1v) is 10.8. The van der Waals surface area contributed by atoms with Gasteiger partial charge in [0.1, 0.15) is 30.9 Å². The van der Waals surface area contributed by atoms with Crippen molar-refractivity contribution in [3.8, 4) is 0 Å². The predicted molar refractivity (Wildman–Crippen MR) is 109 cm³/mol. The lowest BCUT2D eigenvalue weighted by atomic mass is 9.95. The van der Waals surface area contributed by atoms with E-state index in [9.17, 15) is 4.79 Å². The number of amides is 1. The minimum absolute atomic E-state index is 0.0180. The molecule has 30 heavy (non-hydrogen) atoms. The van der Waals surface area contributed by atoms with Crippen LogP contribution in [0.3, 0.4) is 0 Å². The molecule has 2 fully saturated rings. The summed E-state index contributed by atoms with van der Waals surface area (Å²) >= 11 is 0. The zero-order valence-electron chi connectivity index (χ0n) is 16.8. The Morgan fingerprint density at radius 3 is 2.67 bits per heavy atom. The highest BCUT2D eigenvalue weighted by atomic mass is 16.6. The third-order valence-electron chi connectivity index (χ3n) is 6.66. The van der Waals surface area contributed by atoms with Gasteiger partial charge in [-0.2, -0.15) is 5.10 Å². The standard InChI is InChI=1S/C22H25N5O3/c28-22(14-5-6-19-17(7-14)16-3-1-2-4-18(16)25-19)26-8-20-21(9-26)30-11-15(10-29-20)27-13-23-12-24-27/h5-7,12-13,15,20-21,25H,1-4,8-11H2/t20-,21-/m0/s1.